The van der Waals surface area contributed by atoms with Gasteiger partial charge in [0.05, 0.1) is 0 Å². The number of carbonyl (C=O) groups excluding carboxylic acids is 1. The standard InChI is InChI=1S/C11H16N2O2S/c1-16(15)7-6-13-8-9-2-4-10(5-3-9)11(12)14/h2-5,13H,6-8H2,1H3,(H2,12,14). The lowest BCUT2D eigenvalue weighted by atomic mass is 10.1. The molecule has 0 saturated carbocycles. The lowest BCUT2D eigenvalue weighted by Gasteiger charge is -2.04. The quantitative estimate of drug-likeness (QED) is 0.700. The molecule has 0 aliphatic rings. The molecule has 1 aromatic rings. The van der Waals surface area contributed by atoms with E-state index in [0.717, 1.165) is 12.1 Å². The fourth-order valence-corrected chi connectivity index (χ4v) is 1.67. The summed E-state index contributed by atoms with van der Waals surface area (Å²) in [5.74, 6) is 0.236. The molecule has 1 rings (SSSR count). The summed E-state index contributed by atoms with van der Waals surface area (Å²) in [4.78, 5) is 10.8. The summed E-state index contributed by atoms with van der Waals surface area (Å²) in [6, 6.07) is 7.13. The van der Waals surface area contributed by atoms with Crippen molar-refractivity contribution < 1.29 is 9.00 Å². The van der Waals surface area contributed by atoms with Crippen LogP contribution in [-0.2, 0) is 17.3 Å². The minimum Gasteiger partial charge on any atom is -0.366 e. The van der Waals surface area contributed by atoms with Gasteiger partial charge in [-0.25, -0.2) is 0 Å². The zero-order chi connectivity index (χ0) is 12.0. The van der Waals surface area contributed by atoms with Gasteiger partial charge < -0.3 is 11.1 Å². The van der Waals surface area contributed by atoms with Crippen LogP contribution in [0, 0.1) is 0 Å². The number of hydrogen-bond donors (Lipinski definition) is 2. The highest BCUT2D eigenvalue weighted by Crippen LogP contribution is 2.03. The number of nitrogens with one attached hydrogen (secondary N) is 1. The Labute approximate surface area is 97.7 Å². The van der Waals surface area contributed by atoms with Crippen molar-refractivity contribution in [2.75, 3.05) is 18.6 Å². The third-order valence-electron chi connectivity index (χ3n) is 2.13. The van der Waals surface area contributed by atoms with Gasteiger partial charge in [-0.2, -0.15) is 0 Å². The van der Waals surface area contributed by atoms with Gasteiger partial charge in [0, 0.05) is 41.5 Å². The van der Waals surface area contributed by atoms with Crippen LogP contribution in [0.2, 0.25) is 0 Å². The lowest BCUT2D eigenvalue weighted by Crippen LogP contribution is -2.19. The Morgan fingerprint density at radius 2 is 2.00 bits per heavy atom. The van der Waals surface area contributed by atoms with Gasteiger partial charge in [0.1, 0.15) is 0 Å². The van der Waals surface area contributed by atoms with E-state index in [9.17, 15) is 9.00 Å². The van der Waals surface area contributed by atoms with Gasteiger partial charge in [-0.3, -0.25) is 9.00 Å². The van der Waals surface area contributed by atoms with Gasteiger partial charge >= 0.3 is 0 Å². The molecule has 0 heterocycles. The monoisotopic (exact) mass is 240 g/mol. The van der Waals surface area contributed by atoms with Crippen molar-refractivity contribution in [3.63, 3.8) is 0 Å². The minimum atomic E-state index is -0.757. The van der Waals surface area contributed by atoms with Gasteiger partial charge in [-0.15, -0.1) is 0 Å². The molecule has 4 nitrogen and oxygen atoms in total. The van der Waals surface area contributed by atoms with Gasteiger partial charge in [0.25, 0.3) is 0 Å². The fourth-order valence-electron chi connectivity index (χ4n) is 1.24. The number of carbonyl (C=O) groups is 1. The van der Waals surface area contributed by atoms with Crippen molar-refractivity contribution in [3.05, 3.63) is 35.4 Å². The Balaban J connectivity index is 2.38. The van der Waals surface area contributed by atoms with E-state index in [1.54, 1.807) is 18.4 Å². The van der Waals surface area contributed by atoms with E-state index in [0.29, 0.717) is 17.9 Å². The molecule has 0 aliphatic heterocycles. The summed E-state index contributed by atoms with van der Waals surface area (Å²) < 4.78 is 10.8. The molecule has 1 atom stereocenters. The van der Waals surface area contributed by atoms with Crippen LogP contribution in [0.25, 0.3) is 0 Å². The number of amides is 1. The van der Waals surface area contributed by atoms with Crippen LogP contribution in [0.15, 0.2) is 24.3 Å². The predicted molar refractivity (Wildman–Crippen MR) is 65.6 cm³/mol. The summed E-state index contributed by atoms with van der Waals surface area (Å²) >= 11 is 0. The number of primary amides is 1. The molecule has 0 fully saturated rings. The second kappa shape index (κ2) is 6.40. The number of rotatable bonds is 6. The highest BCUT2D eigenvalue weighted by atomic mass is 32.2. The molecule has 1 amide bonds. The second-order valence-electron chi connectivity index (χ2n) is 3.52. The summed E-state index contributed by atoms with van der Waals surface area (Å²) in [5, 5.41) is 3.17. The van der Waals surface area contributed by atoms with E-state index in [1.165, 1.54) is 0 Å². The normalized spacial score (nSPS) is 12.3. The van der Waals surface area contributed by atoms with E-state index in [-0.39, 0.29) is 0 Å². The lowest BCUT2D eigenvalue weighted by molar-refractivity contribution is 0.100. The largest absolute Gasteiger partial charge is 0.366 e. The maximum atomic E-state index is 10.8. The highest BCUT2D eigenvalue weighted by molar-refractivity contribution is 7.84. The molecule has 16 heavy (non-hydrogen) atoms. The zero-order valence-electron chi connectivity index (χ0n) is 9.23. The first-order chi connectivity index (χ1) is 7.59. The van der Waals surface area contributed by atoms with Crippen LogP contribution in [0.5, 0.6) is 0 Å². The summed E-state index contributed by atoms with van der Waals surface area (Å²) in [5.41, 5.74) is 6.72. The summed E-state index contributed by atoms with van der Waals surface area (Å²) in [6.07, 6.45) is 1.68. The van der Waals surface area contributed by atoms with E-state index in [2.05, 4.69) is 5.32 Å². The average molecular weight is 240 g/mol. The first kappa shape index (κ1) is 12.9. The number of benzene rings is 1. The molecule has 0 radical (unpaired) electrons. The van der Waals surface area contributed by atoms with Crippen LogP contribution in [0.4, 0.5) is 0 Å². The molecule has 0 bridgehead atoms. The first-order valence-corrected chi connectivity index (χ1v) is 6.72. The Hall–Kier alpha value is -1.20. The van der Waals surface area contributed by atoms with Crippen molar-refractivity contribution in [3.8, 4) is 0 Å². The van der Waals surface area contributed by atoms with Crippen molar-refractivity contribution >= 4 is 16.7 Å². The van der Waals surface area contributed by atoms with Gasteiger partial charge in [0.2, 0.25) is 5.91 Å². The molecule has 1 aromatic carbocycles. The molecule has 3 N–H and O–H groups in total. The van der Waals surface area contributed by atoms with Crippen molar-refractivity contribution in [2.45, 2.75) is 6.54 Å². The molecule has 0 saturated heterocycles. The zero-order valence-corrected chi connectivity index (χ0v) is 10.0. The maximum Gasteiger partial charge on any atom is 0.248 e. The minimum absolute atomic E-state index is 0.416. The molecule has 1 unspecified atom stereocenters. The van der Waals surface area contributed by atoms with Crippen molar-refractivity contribution in [1.29, 1.82) is 0 Å². The van der Waals surface area contributed by atoms with Gasteiger partial charge in [0.15, 0.2) is 0 Å². The summed E-state index contributed by atoms with van der Waals surface area (Å²) in [7, 11) is -0.757. The Morgan fingerprint density at radius 1 is 1.38 bits per heavy atom. The van der Waals surface area contributed by atoms with Crippen LogP contribution in [0.1, 0.15) is 15.9 Å². The van der Waals surface area contributed by atoms with Crippen LogP contribution < -0.4 is 11.1 Å². The molecule has 5 heteroatoms. The Morgan fingerprint density at radius 3 is 2.50 bits per heavy atom. The van der Waals surface area contributed by atoms with E-state index in [4.69, 9.17) is 5.73 Å². The maximum absolute atomic E-state index is 10.8. The van der Waals surface area contributed by atoms with E-state index >= 15 is 0 Å². The Bertz CT molecular complexity index is 376. The van der Waals surface area contributed by atoms with Gasteiger partial charge in [-0.1, -0.05) is 12.1 Å². The average Bonchev–Trinajstić information content (AvgIpc) is 2.25. The topological polar surface area (TPSA) is 72.2 Å². The molecule has 88 valence electrons. The van der Waals surface area contributed by atoms with E-state index in [1.807, 2.05) is 12.1 Å². The van der Waals surface area contributed by atoms with Crippen LogP contribution in [0.3, 0.4) is 0 Å². The van der Waals surface area contributed by atoms with Gasteiger partial charge in [-0.05, 0) is 17.7 Å². The van der Waals surface area contributed by atoms with Crippen molar-refractivity contribution in [2.24, 2.45) is 5.73 Å². The molecular weight excluding hydrogens is 224 g/mol. The van der Waals surface area contributed by atoms with E-state index < -0.39 is 16.7 Å². The third kappa shape index (κ3) is 4.55. The fraction of sp³-hybridized carbons (Fsp3) is 0.364. The van der Waals surface area contributed by atoms with Crippen LogP contribution in [-0.4, -0.2) is 28.7 Å². The predicted octanol–water partition coefficient (Wildman–Crippen LogP) is 0.254. The third-order valence-corrected chi connectivity index (χ3v) is 2.91. The molecular formula is C11H16N2O2S. The highest BCUT2D eigenvalue weighted by Gasteiger charge is 1.99. The molecule has 0 aliphatic carbocycles. The smallest absolute Gasteiger partial charge is 0.248 e. The van der Waals surface area contributed by atoms with Crippen molar-refractivity contribution in [1.82, 2.24) is 5.32 Å². The first-order valence-electron chi connectivity index (χ1n) is 4.99. The van der Waals surface area contributed by atoms with Crippen LogP contribution >= 0.6 is 0 Å². The molecule has 0 spiro atoms. The summed E-state index contributed by atoms with van der Waals surface area (Å²) in [6.45, 7) is 1.43. The molecule has 0 aromatic heterocycles. The number of hydrogen-bond acceptors (Lipinski definition) is 3. The SMILES string of the molecule is CS(=O)CCNCc1ccc(C(N)=O)cc1. The number of nitrogens with two attached hydrogens (primary N) is 1. The Kier molecular flexibility index (Phi) is 5.14. The second-order valence-corrected chi connectivity index (χ2v) is 5.07.